The van der Waals surface area contributed by atoms with Crippen LogP contribution in [0, 0.1) is 12.7 Å². The molecule has 4 heterocycles. The van der Waals surface area contributed by atoms with E-state index in [9.17, 15) is 14.7 Å². The van der Waals surface area contributed by atoms with Gasteiger partial charge in [0.25, 0.3) is 5.56 Å². The summed E-state index contributed by atoms with van der Waals surface area (Å²) in [7, 11) is 0. The van der Waals surface area contributed by atoms with Crippen molar-refractivity contribution in [2.75, 3.05) is 0 Å². The predicted octanol–water partition coefficient (Wildman–Crippen LogP) is 3.65. The van der Waals surface area contributed by atoms with Crippen LogP contribution < -0.4 is 11.3 Å². The largest absolute Gasteiger partial charge is 0.458 e. The molecular formula is C28H24FN3O4. The maximum Gasteiger partial charge on any atom is 0.343 e. The Morgan fingerprint density at radius 1 is 1.19 bits per heavy atom. The number of nitrogens with zero attached hydrogens (tertiary/aromatic N) is 2. The number of benzene rings is 2. The van der Waals surface area contributed by atoms with Crippen molar-refractivity contribution >= 4 is 16.9 Å². The van der Waals surface area contributed by atoms with E-state index < -0.39 is 11.6 Å². The van der Waals surface area contributed by atoms with Gasteiger partial charge in [0.2, 0.25) is 0 Å². The van der Waals surface area contributed by atoms with Gasteiger partial charge in [-0.15, -0.1) is 0 Å². The van der Waals surface area contributed by atoms with E-state index in [1.165, 1.54) is 6.07 Å². The lowest BCUT2D eigenvalue weighted by Crippen LogP contribution is -2.44. The summed E-state index contributed by atoms with van der Waals surface area (Å²) in [5, 5.41) is 11.9. The first-order valence-corrected chi connectivity index (χ1v) is 11.9. The van der Waals surface area contributed by atoms with Crippen molar-refractivity contribution in [3.63, 3.8) is 0 Å². The Morgan fingerprint density at radius 2 is 1.94 bits per heavy atom. The fourth-order valence-corrected chi connectivity index (χ4v) is 5.59. The number of ether oxygens (including phenoxy) is 1. The number of rotatable bonds is 3. The van der Waals surface area contributed by atoms with Crippen LogP contribution in [0.3, 0.4) is 0 Å². The molecule has 0 saturated heterocycles. The number of aromatic nitrogens is 2. The summed E-state index contributed by atoms with van der Waals surface area (Å²) in [4.78, 5) is 30.8. The fourth-order valence-electron chi connectivity index (χ4n) is 5.59. The molecule has 0 spiro atoms. The minimum atomic E-state index is -1.91. The summed E-state index contributed by atoms with van der Waals surface area (Å²) >= 11 is 0. The van der Waals surface area contributed by atoms with Gasteiger partial charge < -0.3 is 20.1 Å². The highest BCUT2D eigenvalue weighted by Gasteiger charge is 2.45. The van der Waals surface area contributed by atoms with E-state index in [4.69, 9.17) is 15.5 Å². The summed E-state index contributed by atoms with van der Waals surface area (Å²) in [6, 6.07) is 12.6. The van der Waals surface area contributed by atoms with Crippen LogP contribution in [0.5, 0.6) is 0 Å². The summed E-state index contributed by atoms with van der Waals surface area (Å²) in [6.45, 7) is 3.59. The minimum absolute atomic E-state index is 0.0543. The zero-order valence-corrected chi connectivity index (χ0v) is 19.9. The van der Waals surface area contributed by atoms with Crippen molar-refractivity contribution in [1.82, 2.24) is 9.55 Å². The molecule has 0 aliphatic carbocycles. The van der Waals surface area contributed by atoms with Crippen LogP contribution in [0.25, 0.3) is 33.4 Å². The number of fused-ring (bicyclic) bond motifs is 5. The van der Waals surface area contributed by atoms with Crippen molar-refractivity contribution in [1.29, 1.82) is 0 Å². The molecule has 0 fully saturated rings. The number of hydrogen-bond donors (Lipinski definition) is 2. The van der Waals surface area contributed by atoms with Gasteiger partial charge in [0.05, 0.1) is 29.0 Å². The first kappa shape index (κ1) is 22.6. The second-order valence-electron chi connectivity index (χ2n) is 9.34. The van der Waals surface area contributed by atoms with Crippen LogP contribution >= 0.6 is 0 Å². The second kappa shape index (κ2) is 7.81. The Morgan fingerprint density at radius 3 is 2.64 bits per heavy atom. The Kier molecular flexibility index (Phi) is 4.90. The topological polar surface area (TPSA) is 107 Å². The van der Waals surface area contributed by atoms with Crippen molar-refractivity contribution in [2.45, 2.75) is 45.6 Å². The van der Waals surface area contributed by atoms with Crippen LogP contribution in [0.15, 0.2) is 47.3 Å². The number of nitrogens with two attached hydrogens (primary N) is 1. The second-order valence-corrected chi connectivity index (χ2v) is 9.34. The number of pyridine rings is 2. The Hall–Kier alpha value is -3.88. The quantitative estimate of drug-likeness (QED) is 0.378. The molecule has 0 amide bonds. The van der Waals surface area contributed by atoms with Crippen molar-refractivity contribution in [3.05, 3.63) is 86.5 Å². The number of hydrogen-bond acceptors (Lipinski definition) is 6. The molecule has 0 unspecified atom stereocenters. The summed E-state index contributed by atoms with van der Waals surface area (Å²) in [5.41, 5.74) is 9.55. The highest BCUT2D eigenvalue weighted by molar-refractivity contribution is 6.01. The van der Waals surface area contributed by atoms with Gasteiger partial charge in [-0.3, -0.25) is 4.79 Å². The predicted molar refractivity (Wildman–Crippen MR) is 133 cm³/mol. The lowest BCUT2D eigenvalue weighted by Gasteiger charge is -2.31. The Balaban J connectivity index is 1.69. The molecule has 0 saturated carbocycles. The van der Waals surface area contributed by atoms with Gasteiger partial charge in [-0.2, -0.15) is 0 Å². The number of cyclic esters (lactones) is 1. The summed E-state index contributed by atoms with van der Waals surface area (Å²) in [6.07, 6.45) is 0.0543. The molecule has 8 heteroatoms. The molecule has 1 atom stereocenters. The molecule has 2 aliphatic rings. The monoisotopic (exact) mass is 485 g/mol. The molecule has 36 heavy (non-hydrogen) atoms. The Bertz CT molecular complexity index is 1660. The molecule has 4 aromatic rings. The van der Waals surface area contributed by atoms with Crippen molar-refractivity contribution < 1.29 is 19.0 Å². The van der Waals surface area contributed by atoms with Gasteiger partial charge in [-0.1, -0.05) is 37.3 Å². The van der Waals surface area contributed by atoms with Gasteiger partial charge >= 0.3 is 5.97 Å². The molecule has 182 valence electrons. The van der Waals surface area contributed by atoms with E-state index in [2.05, 4.69) is 0 Å². The van der Waals surface area contributed by atoms with Gasteiger partial charge in [0.1, 0.15) is 12.4 Å². The zero-order chi connectivity index (χ0) is 25.4. The van der Waals surface area contributed by atoms with Crippen molar-refractivity contribution in [2.24, 2.45) is 5.73 Å². The van der Waals surface area contributed by atoms with Gasteiger partial charge in [-0.25, -0.2) is 14.2 Å². The van der Waals surface area contributed by atoms with E-state index in [1.807, 2.05) is 30.3 Å². The highest BCUT2D eigenvalue weighted by atomic mass is 19.1. The van der Waals surface area contributed by atoms with Gasteiger partial charge in [-0.05, 0) is 41.7 Å². The van der Waals surface area contributed by atoms with Crippen LogP contribution in [0.1, 0.15) is 41.2 Å². The lowest BCUT2D eigenvalue weighted by atomic mass is 9.86. The molecule has 3 N–H and O–H groups in total. The van der Waals surface area contributed by atoms with E-state index >= 15 is 4.39 Å². The molecule has 0 bridgehead atoms. The first-order valence-electron chi connectivity index (χ1n) is 11.9. The number of carbonyl (C=O) groups excluding carboxylic acids is 1. The summed E-state index contributed by atoms with van der Waals surface area (Å²) in [5.74, 6) is -1.17. The van der Waals surface area contributed by atoms with E-state index in [0.717, 1.165) is 27.6 Å². The third-order valence-corrected chi connectivity index (χ3v) is 7.56. The third-order valence-electron chi connectivity index (χ3n) is 7.56. The van der Waals surface area contributed by atoms with Crippen molar-refractivity contribution in [3.8, 4) is 22.5 Å². The molecule has 7 nitrogen and oxygen atoms in total. The minimum Gasteiger partial charge on any atom is -0.458 e. The molecule has 2 aromatic heterocycles. The van der Waals surface area contributed by atoms with Gasteiger partial charge in [0.15, 0.2) is 5.60 Å². The number of halogens is 1. The molecule has 0 radical (unpaired) electrons. The average molecular weight is 486 g/mol. The molecule has 6 rings (SSSR count). The number of carbonyl (C=O) groups is 1. The SMILES string of the molecule is CC[C@@]1(O)C(=O)OCc2c1cc1n(c2=O)Cc2c-1nc1cc(F)c(C)c(-c3ccccc3)c1c2CN. The molecular weight excluding hydrogens is 461 g/mol. The summed E-state index contributed by atoms with van der Waals surface area (Å²) < 4.78 is 21.9. The standard InChI is InChI=1S/C28H24FN3O4/c1-3-28(35)19-9-22-25-17(12-32(22)26(33)18(19)13-36-27(28)34)16(11-30)24-21(31-25)10-20(29)14(2)23(24)15-7-5-4-6-8-15/h4-10,35H,3,11-13,30H2,1-2H3/t28-/m0/s1. The lowest BCUT2D eigenvalue weighted by molar-refractivity contribution is -0.172. The average Bonchev–Trinajstić information content (AvgIpc) is 3.25. The van der Waals surface area contributed by atoms with Crippen LogP contribution in [-0.2, 0) is 34.8 Å². The van der Waals surface area contributed by atoms with Crippen LogP contribution in [0.2, 0.25) is 0 Å². The van der Waals surface area contributed by atoms with Crippen LogP contribution in [-0.4, -0.2) is 20.6 Å². The maximum atomic E-state index is 15.1. The maximum absolute atomic E-state index is 15.1. The van der Waals surface area contributed by atoms with Crippen LogP contribution in [0.4, 0.5) is 4.39 Å². The number of aliphatic hydroxyl groups is 1. The smallest absolute Gasteiger partial charge is 0.343 e. The van der Waals surface area contributed by atoms with Gasteiger partial charge in [0, 0.05) is 29.1 Å². The third kappa shape index (κ3) is 2.88. The highest BCUT2D eigenvalue weighted by Crippen LogP contribution is 2.43. The zero-order valence-electron chi connectivity index (χ0n) is 19.9. The first-order chi connectivity index (χ1) is 17.3. The van der Waals surface area contributed by atoms with E-state index in [1.54, 1.807) is 24.5 Å². The van der Waals surface area contributed by atoms with E-state index in [0.29, 0.717) is 22.5 Å². The fraction of sp³-hybridized carbons (Fsp3) is 0.250. The van der Waals surface area contributed by atoms with E-state index in [-0.39, 0.29) is 48.6 Å². The molecule has 2 aromatic carbocycles. The molecule has 2 aliphatic heterocycles. The number of esters is 1. The Labute approximate surface area is 206 Å². The normalized spacial score (nSPS) is 18.1.